The molecule has 0 saturated carbocycles. The first-order valence-corrected chi connectivity index (χ1v) is 51.0. The molecule has 0 saturated heterocycles. The summed E-state index contributed by atoms with van der Waals surface area (Å²) < 4.78 is 15.0. The molecule has 6 aromatic heterocycles. The number of hydrogen-bond donors (Lipinski definition) is 0. The van der Waals surface area contributed by atoms with Crippen molar-refractivity contribution in [3.05, 3.63) is 534 Å². The van der Waals surface area contributed by atoms with Crippen molar-refractivity contribution in [2.24, 2.45) is 0 Å². The van der Waals surface area contributed by atoms with Gasteiger partial charge in [0.25, 0.3) is 0 Å². The first-order chi connectivity index (χ1) is 71.4. The summed E-state index contributed by atoms with van der Waals surface area (Å²) in [4.78, 5) is 0. The van der Waals surface area contributed by atoms with Gasteiger partial charge in [-0.2, -0.15) is 0 Å². The van der Waals surface area contributed by atoms with Crippen molar-refractivity contribution in [3.63, 3.8) is 0 Å². The summed E-state index contributed by atoms with van der Waals surface area (Å²) in [5.74, 6) is 0. The Hall–Kier alpha value is -18.3. The monoisotopic (exact) mass is 1860 g/mol. The van der Waals surface area contributed by atoms with Gasteiger partial charge in [-0.1, -0.05) is 370 Å². The maximum atomic E-state index is 2.51. The maximum absolute atomic E-state index is 2.51. The fraction of sp³-hybridized carbons (Fsp3) is 0. The number of rotatable bonds is 15. The molecule has 6 heterocycles. The van der Waals surface area contributed by atoms with Gasteiger partial charge < -0.3 is 18.3 Å². The van der Waals surface area contributed by atoms with Crippen LogP contribution in [0.15, 0.2) is 534 Å². The number of thiophene rings is 2. The molecule has 0 aliphatic rings. The second-order valence-electron chi connectivity index (χ2n) is 37.7. The van der Waals surface area contributed by atoms with Crippen molar-refractivity contribution in [1.29, 1.82) is 0 Å². The molecule has 0 aliphatic carbocycles. The van der Waals surface area contributed by atoms with Crippen molar-refractivity contribution < 1.29 is 0 Å². The van der Waals surface area contributed by atoms with E-state index >= 15 is 0 Å². The normalized spacial score (nSPS) is 11.8. The molecule has 4 nitrogen and oxygen atoms in total. The van der Waals surface area contributed by atoms with E-state index in [9.17, 15) is 0 Å². The van der Waals surface area contributed by atoms with Crippen LogP contribution in [0.25, 0.3) is 273 Å². The zero-order chi connectivity index (χ0) is 94.8. The number of nitrogens with zero attached hydrogens (tertiary/aromatic N) is 4. The van der Waals surface area contributed by atoms with E-state index in [-0.39, 0.29) is 0 Å². The third-order valence-corrected chi connectivity index (χ3v) is 31.9. The second-order valence-corrected chi connectivity index (χ2v) is 39.8. The van der Waals surface area contributed by atoms with Gasteiger partial charge in [0.1, 0.15) is 0 Å². The molecule has 6 heteroatoms. The molecule has 29 aromatic rings. The van der Waals surface area contributed by atoms with Crippen LogP contribution in [0.4, 0.5) is 0 Å². The molecule has 0 amide bonds. The van der Waals surface area contributed by atoms with Gasteiger partial charge >= 0.3 is 0 Å². The first kappa shape index (κ1) is 83.8. The average Bonchev–Trinajstić information content (AvgIpc) is 1.57. The molecule has 0 bridgehead atoms. The minimum absolute atomic E-state index is 1.14. The minimum atomic E-state index is 1.14. The van der Waals surface area contributed by atoms with E-state index in [4.69, 9.17) is 0 Å². The van der Waals surface area contributed by atoms with E-state index in [1.54, 1.807) is 0 Å². The highest BCUT2D eigenvalue weighted by Crippen LogP contribution is 2.51. The molecule has 0 N–H and O–H groups in total. The molecule has 23 aromatic carbocycles. The quantitative estimate of drug-likeness (QED) is 0.0975. The molecule has 0 spiro atoms. The summed E-state index contributed by atoms with van der Waals surface area (Å²) in [6.07, 6.45) is 0. The van der Waals surface area contributed by atoms with Gasteiger partial charge in [-0.05, 0) is 275 Å². The van der Waals surface area contributed by atoms with Crippen LogP contribution in [0.3, 0.4) is 0 Å². The molecular formula is C138H88N4S2. The topological polar surface area (TPSA) is 19.7 Å². The van der Waals surface area contributed by atoms with Gasteiger partial charge in [-0.15, -0.1) is 22.7 Å². The van der Waals surface area contributed by atoms with Crippen molar-refractivity contribution in [2.75, 3.05) is 0 Å². The van der Waals surface area contributed by atoms with E-state index in [1.807, 2.05) is 22.7 Å². The predicted octanol–water partition coefficient (Wildman–Crippen LogP) is 38.8. The van der Waals surface area contributed by atoms with Gasteiger partial charge in [-0.3, -0.25) is 0 Å². The molecule has 29 rings (SSSR count). The number of hydrogen-bond acceptors (Lipinski definition) is 2. The lowest BCUT2D eigenvalue weighted by Gasteiger charge is -2.13. The molecule has 0 unspecified atom stereocenters. The highest BCUT2D eigenvalue weighted by Gasteiger charge is 2.26. The van der Waals surface area contributed by atoms with Crippen LogP contribution in [0.1, 0.15) is 0 Å². The Balaban J connectivity index is 0.000000141. The minimum Gasteiger partial charge on any atom is -0.309 e. The molecule has 0 atom stereocenters. The summed E-state index contributed by atoms with van der Waals surface area (Å²) in [6, 6.07) is 197. The SMILES string of the molecule is c1ccc(-c2ccc(-c3cc(-n4c5ccc(-c6ccccc6)cc5c5cc(-c6ccc7c(c6)c6cc(-c8ccccc8)ccc6n7-c6ccccc6)ccc54)cc4c3sc3ccc(-c5ccccc5)cc34)cc2)cc1.c1ccc(-c2ccc(-c3cc(-n4c5ccccc5c5cc(-c6ccc7c(c6)c6cc(-c8ccccc8)ccc6n7-c6ccccc6)ccc54)cc4c3sc3ccc(-c5ccccc5)cc34)cc2)cc1. The Morgan fingerprint density at radius 1 is 0.111 bits per heavy atom. The molecule has 0 fully saturated rings. The molecular weight excluding hydrogens is 1780 g/mol. The van der Waals surface area contributed by atoms with Crippen LogP contribution in [-0.2, 0) is 0 Å². The molecule has 0 radical (unpaired) electrons. The highest BCUT2D eigenvalue weighted by molar-refractivity contribution is 7.26. The number of fused-ring (bicyclic) bond motifs is 18. The molecule has 672 valence electrons. The van der Waals surface area contributed by atoms with Crippen LogP contribution in [0.2, 0.25) is 0 Å². The maximum Gasteiger partial charge on any atom is 0.0541 e. The zero-order valence-corrected chi connectivity index (χ0v) is 80.0. The van der Waals surface area contributed by atoms with Crippen LogP contribution in [0, 0.1) is 0 Å². The van der Waals surface area contributed by atoms with Crippen molar-refractivity contribution in [3.8, 4) is 145 Å². The van der Waals surface area contributed by atoms with E-state index in [1.165, 1.54) is 250 Å². The molecule has 0 aliphatic heterocycles. The third-order valence-electron chi connectivity index (χ3n) is 29.4. The van der Waals surface area contributed by atoms with Crippen LogP contribution in [-0.4, -0.2) is 18.3 Å². The predicted molar refractivity (Wildman–Crippen MR) is 616 cm³/mol. The molecule has 144 heavy (non-hydrogen) atoms. The zero-order valence-electron chi connectivity index (χ0n) is 78.4. The lowest BCUT2D eigenvalue weighted by Crippen LogP contribution is -1.95. The van der Waals surface area contributed by atoms with Crippen LogP contribution in [0.5, 0.6) is 0 Å². The number of aromatic nitrogens is 4. The van der Waals surface area contributed by atoms with E-state index < -0.39 is 0 Å². The Bertz CT molecular complexity index is 10100. The smallest absolute Gasteiger partial charge is 0.0541 e. The largest absolute Gasteiger partial charge is 0.309 e. The summed E-state index contributed by atoms with van der Waals surface area (Å²) in [7, 11) is 0. The Morgan fingerprint density at radius 3 is 0.576 bits per heavy atom. The second kappa shape index (κ2) is 34.9. The Labute approximate surface area is 840 Å². The lowest BCUT2D eigenvalue weighted by molar-refractivity contribution is 1.18. The van der Waals surface area contributed by atoms with Crippen molar-refractivity contribution in [1.82, 2.24) is 18.3 Å². The van der Waals surface area contributed by atoms with Gasteiger partial charge in [0.2, 0.25) is 0 Å². The third kappa shape index (κ3) is 14.6. The number of para-hydroxylation sites is 3. The van der Waals surface area contributed by atoms with Crippen LogP contribution >= 0.6 is 22.7 Å². The lowest BCUT2D eigenvalue weighted by atomic mass is 9.97. The standard InChI is InChI=1S/C72H46N2S.C66H42N2S/c1-6-16-47(17-7-1)51-26-28-52(29-27-51)60-45-59(46-66-65-44-55(50-22-12-4-13-23-50)34-39-71(65)75-72(60)66)74-69-36-31-54(49-20-10-3-11-21-49)41-62(69)64-43-57(33-38-70(64)74)56-32-37-68-63(42-56)61-40-53(48-18-8-2-9-19-48)30-35-67(61)73(68)58-24-14-5-15-25-58;1-5-15-43(16-6-1)46-25-27-47(28-26-46)55-41-53(42-60-59-40-49(45-19-9-3-10-20-45)32-36-65(59)69-66(55)60)68-61-24-14-13-23-54(61)56-38-50(30-34-62(56)68)51-31-35-64-58(39-51)57-37-48(44-17-7-2-8-18-44)29-33-63(57)67(64)52-21-11-4-12-22-52/h1-46H;1-42H. The van der Waals surface area contributed by atoms with Gasteiger partial charge in [-0.25, -0.2) is 0 Å². The van der Waals surface area contributed by atoms with Gasteiger partial charge in [0, 0.05) is 117 Å². The summed E-state index contributed by atoms with van der Waals surface area (Å²) in [5.41, 5.74) is 40.7. The van der Waals surface area contributed by atoms with E-state index in [0.717, 1.165) is 22.7 Å². The fourth-order valence-corrected chi connectivity index (χ4v) is 24.8. The van der Waals surface area contributed by atoms with Crippen molar-refractivity contribution >= 4 is 150 Å². The van der Waals surface area contributed by atoms with E-state index in [2.05, 4.69) is 552 Å². The highest BCUT2D eigenvalue weighted by atomic mass is 32.1. The Morgan fingerprint density at radius 2 is 0.299 bits per heavy atom. The van der Waals surface area contributed by atoms with E-state index in [0.29, 0.717) is 0 Å². The summed E-state index contributed by atoms with van der Waals surface area (Å²) >= 11 is 3.78. The summed E-state index contributed by atoms with van der Waals surface area (Å²) in [5, 5.41) is 14.9. The van der Waals surface area contributed by atoms with Gasteiger partial charge in [0.05, 0.1) is 44.1 Å². The fourth-order valence-electron chi connectivity index (χ4n) is 22.4. The average molecular weight is 1870 g/mol. The van der Waals surface area contributed by atoms with Crippen LogP contribution < -0.4 is 0 Å². The summed E-state index contributed by atoms with van der Waals surface area (Å²) in [6.45, 7) is 0. The van der Waals surface area contributed by atoms with Gasteiger partial charge in [0.15, 0.2) is 0 Å². The first-order valence-electron chi connectivity index (χ1n) is 49.4. The Kier molecular flexibility index (Phi) is 20.3. The van der Waals surface area contributed by atoms with Crippen molar-refractivity contribution in [2.45, 2.75) is 0 Å². The number of benzene rings is 23.